The molecule has 0 saturated heterocycles. The summed E-state index contributed by atoms with van der Waals surface area (Å²) in [5.41, 5.74) is 43.2. The molecule has 0 aliphatic heterocycles. The maximum absolute atomic E-state index is 15.0. The average molecular weight is 2070 g/mol. The first-order valence-corrected chi connectivity index (χ1v) is 50.6. The van der Waals surface area contributed by atoms with E-state index in [1.807, 2.05) is 19.6 Å². The molecule has 0 radical (unpaired) electrons. The number of ether oxygens (including phenoxy) is 5. The number of aliphatic hydroxyl groups excluding tert-OH is 1. The predicted octanol–water partition coefficient (Wildman–Crippen LogP) is -5.55. The number of aliphatic hydroxyl groups is 1. The molecule has 4 unspecified atom stereocenters. The molecular formula is C90H176N36O19. The maximum Gasteiger partial charge on any atom is 0.306 e. The predicted molar refractivity (Wildman–Crippen MR) is 549 cm³/mol. The van der Waals surface area contributed by atoms with Crippen molar-refractivity contribution >= 4 is 125 Å². The second kappa shape index (κ2) is 87.6. The highest BCUT2D eigenvalue weighted by atomic mass is 16.6. The van der Waals surface area contributed by atoms with Crippen molar-refractivity contribution in [3.05, 3.63) is 0 Å². The molecule has 0 fully saturated rings. The van der Waals surface area contributed by atoms with E-state index >= 15 is 4.79 Å². The van der Waals surface area contributed by atoms with E-state index in [4.69, 9.17) is 113 Å². The standard InChI is InChI=1S/C90H176N36O19/c1-2-3-4-5-6-7-8-9-14-23-76(136)141-65-67(143-78(138)25-16-11-20-53-124(58-30-70(130)109-38-46-117-85(95)96)59-31-71(131)110-39-47-118-86(97)98)82(145-80(140)27-18-13-22-55-126(62-34-74(134)113-42-50-121-89(103)104)63-35-75(135)114-43-51-122-90(105)106)81(144-79(139)26-17-12-21-54-125(60-32-72(132)111-40-48-119-87(99)100)61-33-73(133)112-41-49-120-88(101)102)66(64-127)142-77(137)24-15-10-19-52-123(56-28-68(128)107-36-44-115-83(91)92)57-29-69(129)108-37-45-116-84(93)94/h66-67,81-82,127H,2-65H2,1H3,(H,107,128)(H,108,129)(H,109,130)(H,110,131)(H,111,132)(H,112,133)(H,113,134)(H,114,135)(H4,91,92,115)(H4,93,94,116)(H4,95,96,117)(H4,97,98,118)(H4,99,100,119)(H4,101,102,120)(H4,103,104,121)(H4,105,106,122). The lowest BCUT2D eigenvalue weighted by molar-refractivity contribution is -0.208. The lowest BCUT2D eigenvalue weighted by Gasteiger charge is -2.35. The highest BCUT2D eigenvalue weighted by molar-refractivity contribution is 5.82. The zero-order valence-electron chi connectivity index (χ0n) is 85.3. The Morgan fingerprint density at radius 2 is 0.393 bits per heavy atom. The molecule has 0 rings (SSSR count). The van der Waals surface area contributed by atoms with Crippen LogP contribution in [-0.4, -0.2) is 370 Å². The minimum atomic E-state index is -2.05. The summed E-state index contributed by atoms with van der Waals surface area (Å²) in [5, 5.41) is 114. The van der Waals surface area contributed by atoms with Crippen molar-refractivity contribution in [2.45, 2.75) is 250 Å². The van der Waals surface area contributed by atoms with Crippen LogP contribution in [0.1, 0.15) is 225 Å². The van der Waals surface area contributed by atoms with Crippen LogP contribution < -0.4 is 131 Å². The summed E-state index contributed by atoms with van der Waals surface area (Å²) in [5.74, 6) is -9.32. The second-order valence-electron chi connectivity index (χ2n) is 34.5. The molecule has 0 heterocycles. The summed E-state index contributed by atoms with van der Waals surface area (Å²) in [6.07, 6.45) is 2.40. The van der Waals surface area contributed by atoms with Gasteiger partial charge in [-0.3, -0.25) is 106 Å². The zero-order chi connectivity index (χ0) is 108. The summed E-state index contributed by atoms with van der Waals surface area (Å²) in [6.45, 7) is 5.99. The van der Waals surface area contributed by atoms with Crippen molar-refractivity contribution < 1.29 is 91.1 Å². The SMILES string of the molecule is CCCCCCCCCCCC(=O)OCC(OC(=O)CCCCCN(CCC(=O)NCCNC(=N)N)CCC(=O)NCCNC(=N)N)C(OC(=O)CCCCCN(CCC(=O)NCCNC(=N)N)CCC(=O)NCCNC(=N)N)C(OC(=O)CCCCCN(CCC(=O)NCCNC(=N)N)CCC(=O)NCCNC(=N)N)C(CO)OC(=O)CCCCCN(CCC(=O)NCCNC(=N)N)CCC(=O)NCCNC(=N)N. The number of guanidine groups is 8. The molecule has 0 spiro atoms. The molecule has 0 aliphatic rings. The number of hydrogen-bond donors (Lipinski definition) is 33. The molecule has 55 heteroatoms. The molecule has 0 saturated carbocycles. The van der Waals surface area contributed by atoms with Crippen LogP contribution in [0.25, 0.3) is 0 Å². The molecule has 4 atom stereocenters. The van der Waals surface area contributed by atoms with E-state index in [-0.39, 0.29) is 361 Å². The van der Waals surface area contributed by atoms with Gasteiger partial charge in [0.1, 0.15) is 6.61 Å². The average Bonchev–Trinajstić information content (AvgIpc) is 0.822. The highest BCUT2D eigenvalue weighted by Gasteiger charge is 2.45. The second-order valence-corrected chi connectivity index (χ2v) is 34.5. The van der Waals surface area contributed by atoms with Crippen LogP contribution in [-0.2, 0) is 86.0 Å². The number of nitrogens with zero attached hydrogens (tertiary/aromatic N) is 4. The molecule has 0 aromatic heterocycles. The number of carbonyl (C=O) groups is 13. The van der Waals surface area contributed by atoms with Gasteiger partial charge in [0.2, 0.25) is 47.3 Å². The number of nitrogens with two attached hydrogens (primary N) is 8. The van der Waals surface area contributed by atoms with Gasteiger partial charge >= 0.3 is 29.8 Å². The fourth-order valence-corrected chi connectivity index (χ4v) is 14.3. The Balaban J connectivity index is 8.39. The quantitative estimate of drug-likeness (QED) is 0.00888. The highest BCUT2D eigenvalue weighted by Crippen LogP contribution is 2.25. The Kier molecular flexibility index (Phi) is 79.8. The van der Waals surface area contributed by atoms with Crippen molar-refractivity contribution in [1.82, 2.24) is 105 Å². The molecule has 830 valence electrons. The summed E-state index contributed by atoms with van der Waals surface area (Å²) in [6, 6.07) is 0. The van der Waals surface area contributed by atoms with Gasteiger partial charge in [0.25, 0.3) is 0 Å². The van der Waals surface area contributed by atoms with Crippen LogP contribution in [0, 0.1) is 43.3 Å². The molecular weight excluding hydrogens is 1890 g/mol. The van der Waals surface area contributed by atoms with Gasteiger partial charge in [0.15, 0.2) is 72.1 Å². The zero-order valence-corrected chi connectivity index (χ0v) is 85.3. The van der Waals surface area contributed by atoms with Gasteiger partial charge in [0.05, 0.1) is 6.61 Å². The molecule has 41 N–H and O–H groups in total. The lowest BCUT2D eigenvalue weighted by Crippen LogP contribution is -2.54. The van der Waals surface area contributed by atoms with E-state index in [1.165, 1.54) is 0 Å². The van der Waals surface area contributed by atoms with Crippen molar-refractivity contribution in [1.29, 1.82) is 43.3 Å². The Morgan fingerprint density at radius 1 is 0.221 bits per heavy atom. The minimum absolute atomic E-state index is 0.0105. The Labute approximate surface area is 852 Å². The van der Waals surface area contributed by atoms with E-state index in [0.29, 0.717) is 90.4 Å². The molecule has 55 nitrogen and oxygen atoms in total. The van der Waals surface area contributed by atoms with E-state index in [2.05, 4.69) is 92.0 Å². The molecule has 0 aromatic rings. The first-order chi connectivity index (χ1) is 69.4. The molecule has 145 heavy (non-hydrogen) atoms. The number of amides is 8. The monoisotopic (exact) mass is 2070 g/mol. The number of unbranched alkanes of at least 4 members (excludes halogenated alkanes) is 16. The van der Waals surface area contributed by atoms with Gasteiger partial charge < -0.3 is 179 Å². The van der Waals surface area contributed by atoms with Gasteiger partial charge in [-0.15, -0.1) is 0 Å². The summed E-state index contributed by atoms with van der Waals surface area (Å²) in [7, 11) is 0. The number of hydrogen-bond acceptors (Lipinski definition) is 31. The van der Waals surface area contributed by atoms with E-state index < -0.39 is 67.5 Å². The van der Waals surface area contributed by atoms with Crippen LogP contribution >= 0.6 is 0 Å². The number of esters is 5. The third kappa shape index (κ3) is 84.2. The summed E-state index contributed by atoms with van der Waals surface area (Å²) < 4.78 is 31.1. The number of nitrogens with one attached hydrogen (secondary N) is 24. The maximum atomic E-state index is 15.0. The summed E-state index contributed by atoms with van der Waals surface area (Å²) in [4.78, 5) is 185. The third-order valence-electron chi connectivity index (χ3n) is 22.0. The van der Waals surface area contributed by atoms with Gasteiger partial charge in [-0.25, -0.2) is 0 Å². The topological polar surface area (TPSA) is 893 Å². The summed E-state index contributed by atoms with van der Waals surface area (Å²) >= 11 is 0. The first kappa shape index (κ1) is 132. The Bertz CT molecular complexity index is 3660. The number of rotatable bonds is 92. The van der Waals surface area contributed by atoms with E-state index in [0.717, 1.165) is 44.9 Å². The molecule has 0 aliphatic carbocycles. The van der Waals surface area contributed by atoms with E-state index in [9.17, 15) is 62.6 Å². The van der Waals surface area contributed by atoms with Gasteiger partial charge in [-0.1, -0.05) is 84.0 Å². The van der Waals surface area contributed by atoms with Crippen LogP contribution in [0.4, 0.5) is 0 Å². The lowest BCUT2D eigenvalue weighted by atomic mass is 10.0. The smallest absolute Gasteiger partial charge is 0.306 e. The molecule has 8 amide bonds. The van der Waals surface area contributed by atoms with Crippen LogP contribution in [0.2, 0.25) is 0 Å². The molecule has 0 bridgehead atoms. The largest absolute Gasteiger partial charge is 0.462 e. The van der Waals surface area contributed by atoms with E-state index in [1.54, 1.807) is 0 Å². The normalized spacial score (nSPS) is 11.7. The van der Waals surface area contributed by atoms with Crippen LogP contribution in [0.5, 0.6) is 0 Å². The Hall–Kier alpha value is -12.9. The van der Waals surface area contributed by atoms with Crippen molar-refractivity contribution in [2.24, 2.45) is 45.9 Å². The molecule has 0 aromatic carbocycles. The van der Waals surface area contributed by atoms with Crippen molar-refractivity contribution in [3.8, 4) is 0 Å². The minimum Gasteiger partial charge on any atom is -0.462 e. The fraction of sp³-hybridized carbons (Fsp3) is 0.767. The Morgan fingerprint density at radius 3 is 0.600 bits per heavy atom. The van der Waals surface area contributed by atoms with Crippen molar-refractivity contribution in [3.63, 3.8) is 0 Å². The third-order valence-corrected chi connectivity index (χ3v) is 22.0. The van der Waals surface area contributed by atoms with Crippen molar-refractivity contribution in [2.75, 3.05) is 196 Å². The van der Waals surface area contributed by atoms with Crippen LogP contribution in [0.15, 0.2) is 0 Å². The van der Waals surface area contributed by atoms with Gasteiger partial charge in [-0.05, 0) is 84.0 Å². The van der Waals surface area contributed by atoms with Crippen LogP contribution in [0.3, 0.4) is 0 Å². The number of carbonyl (C=O) groups excluding carboxylic acids is 13. The van der Waals surface area contributed by atoms with Gasteiger partial charge in [-0.2, -0.15) is 0 Å². The first-order valence-electron chi connectivity index (χ1n) is 50.6. The fourth-order valence-electron chi connectivity index (χ4n) is 14.3. The van der Waals surface area contributed by atoms with Gasteiger partial charge in [0, 0.05) is 241 Å².